The lowest BCUT2D eigenvalue weighted by Crippen LogP contribution is -2.53. The first-order chi connectivity index (χ1) is 9.58. The number of likely N-dealkylation sites (tertiary alicyclic amines) is 1. The third-order valence-corrected chi connectivity index (χ3v) is 4.20. The van der Waals surface area contributed by atoms with Crippen molar-refractivity contribution in [2.45, 2.75) is 70.3 Å². The molecule has 1 aliphatic heterocycles. The number of hydrogen-bond donors (Lipinski definition) is 2. The van der Waals surface area contributed by atoms with Crippen LogP contribution in [-0.4, -0.2) is 40.5 Å². The maximum Gasteiger partial charge on any atom is 0.329 e. The quantitative estimate of drug-likeness (QED) is 0.635. The molecule has 3 N–H and O–H groups in total. The van der Waals surface area contributed by atoms with Crippen molar-refractivity contribution in [1.82, 2.24) is 4.90 Å². The Morgan fingerprint density at radius 2 is 1.95 bits per heavy atom. The summed E-state index contributed by atoms with van der Waals surface area (Å²) in [5, 5.41) is 9.55. The van der Waals surface area contributed by atoms with Gasteiger partial charge in [-0.3, -0.25) is 4.79 Å². The third kappa shape index (κ3) is 3.95. The molecule has 0 bridgehead atoms. The topological polar surface area (TPSA) is 83.6 Å². The Balaban J connectivity index is 2.54. The average molecular weight is 284 g/mol. The number of carboxylic acid groups (broad SMARTS) is 1. The average Bonchev–Trinajstić information content (AvgIpc) is 2.84. The summed E-state index contributed by atoms with van der Waals surface area (Å²) in [5.41, 5.74) is 4.49. The highest BCUT2D eigenvalue weighted by molar-refractivity contribution is 5.87. The zero-order valence-corrected chi connectivity index (χ0v) is 12.6. The van der Waals surface area contributed by atoms with Gasteiger partial charge in [0, 0.05) is 13.0 Å². The summed E-state index contributed by atoms with van der Waals surface area (Å²) >= 11 is 0. The lowest BCUT2D eigenvalue weighted by molar-refractivity contribution is -0.157. The second-order valence-electron chi connectivity index (χ2n) is 5.69. The molecule has 0 radical (unpaired) electrons. The SMILES string of the molecule is CCCC1(C(=O)O)CCCN1C(=O)CCCCCCN. The van der Waals surface area contributed by atoms with Crippen LogP contribution >= 0.6 is 0 Å². The van der Waals surface area contributed by atoms with Crippen molar-refractivity contribution in [3.63, 3.8) is 0 Å². The van der Waals surface area contributed by atoms with Gasteiger partial charge in [0.2, 0.25) is 5.91 Å². The fourth-order valence-corrected chi connectivity index (χ4v) is 3.15. The summed E-state index contributed by atoms with van der Waals surface area (Å²) in [5.74, 6) is -0.834. The highest BCUT2D eigenvalue weighted by Gasteiger charge is 2.48. The number of unbranched alkanes of at least 4 members (excludes halogenated alkanes) is 3. The molecule has 0 aromatic rings. The molecule has 0 saturated carbocycles. The summed E-state index contributed by atoms with van der Waals surface area (Å²) in [4.78, 5) is 25.6. The predicted molar refractivity (Wildman–Crippen MR) is 78.4 cm³/mol. The maximum atomic E-state index is 12.3. The standard InChI is InChI=1S/C15H28N2O3/c1-2-9-15(14(19)20)10-7-12-17(15)13(18)8-5-3-4-6-11-16/h2-12,16H2,1H3,(H,19,20). The van der Waals surface area contributed by atoms with Crippen molar-refractivity contribution in [3.05, 3.63) is 0 Å². The second-order valence-corrected chi connectivity index (χ2v) is 5.69. The Bertz CT molecular complexity index is 333. The van der Waals surface area contributed by atoms with E-state index in [2.05, 4.69) is 0 Å². The molecule has 1 unspecified atom stereocenters. The van der Waals surface area contributed by atoms with Crippen LogP contribution in [0.5, 0.6) is 0 Å². The van der Waals surface area contributed by atoms with E-state index in [-0.39, 0.29) is 5.91 Å². The van der Waals surface area contributed by atoms with Crippen LogP contribution < -0.4 is 5.73 Å². The third-order valence-electron chi connectivity index (χ3n) is 4.20. The number of carbonyl (C=O) groups excluding carboxylic acids is 1. The molecule has 20 heavy (non-hydrogen) atoms. The lowest BCUT2D eigenvalue weighted by Gasteiger charge is -2.34. The summed E-state index contributed by atoms with van der Waals surface area (Å²) in [6.45, 7) is 3.26. The molecule has 116 valence electrons. The van der Waals surface area contributed by atoms with Crippen molar-refractivity contribution in [2.24, 2.45) is 5.73 Å². The first kappa shape index (κ1) is 17.0. The molecular weight excluding hydrogens is 256 g/mol. The Morgan fingerprint density at radius 3 is 2.55 bits per heavy atom. The Hall–Kier alpha value is -1.10. The van der Waals surface area contributed by atoms with E-state index >= 15 is 0 Å². The van der Waals surface area contributed by atoms with Crippen LogP contribution in [0.15, 0.2) is 0 Å². The number of aliphatic carboxylic acids is 1. The number of nitrogens with two attached hydrogens (primary N) is 1. The van der Waals surface area contributed by atoms with Gasteiger partial charge in [-0.1, -0.05) is 26.2 Å². The van der Waals surface area contributed by atoms with Crippen LogP contribution in [0.4, 0.5) is 0 Å². The minimum atomic E-state index is -0.941. The van der Waals surface area contributed by atoms with Crippen LogP contribution in [0.3, 0.4) is 0 Å². The minimum absolute atomic E-state index is 0.00565. The molecule has 1 aliphatic rings. The van der Waals surface area contributed by atoms with Crippen molar-refractivity contribution >= 4 is 11.9 Å². The number of amides is 1. The fraction of sp³-hybridized carbons (Fsp3) is 0.867. The first-order valence-corrected chi connectivity index (χ1v) is 7.82. The molecule has 5 nitrogen and oxygen atoms in total. The van der Waals surface area contributed by atoms with Gasteiger partial charge in [-0.2, -0.15) is 0 Å². The van der Waals surface area contributed by atoms with E-state index in [1.807, 2.05) is 6.92 Å². The van der Waals surface area contributed by atoms with Crippen molar-refractivity contribution < 1.29 is 14.7 Å². The number of carbonyl (C=O) groups is 2. The van der Waals surface area contributed by atoms with Crippen molar-refractivity contribution in [2.75, 3.05) is 13.1 Å². The number of rotatable bonds is 9. The predicted octanol–water partition coefficient (Wildman–Crippen LogP) is 2.14. The van der Waals surface area contributed by atoms with Crippen LogP contribution in [0, 0.1) is 0 Å². The summed E-state index contributed by atoms with van der Waals surface area (Å²) in [6.07, 6.45) is 7.05. The van der Waals surface area contributed by atoms with Gasteiger partial charge in [0.1, 0.15) is 5.54 Å². The van der Waals surface area contributed by atoms with E-state index in [4.69, 9.17) is 5.73 Å². The van der Waals surface area contributed by atoms with Crippen LogP contribution in [0.2, 0.25) is 0 Å². The molecule has 1 heterocycles. The molecular formula is C15H28N2O3. The summed E-state index contributed by atoms with van der Waals surface area (Å²) in [6, 6.07) is 0. The lowest BCUT2D eigenvalue weighted by atomic mass is 9.90. The number of nitrogens with zero attached hydrogens (tertiary/aromatic N) is 1. The smallest absolute Gasteiger partial charge is 0.329 e. The van der Waals surface area contributed by atoms with E-state index in [0.717, 1.165) is 38.5 Å². The zero-order chi connectivity index (χ0) is 15.0. The summed E-state index contributed by atoms with van der Waals surface area (Å²) in [7, 11) is 0. The Kier molecular flexibility index (Phi) is 6.99. The minimum Gasteiger partial charge on any atom is -0.479 e. The van der Waals surface area contributed by atoms with Gasteiger partial charge >= 0.3 is 5.97 Å². The largest absolute Gasteiger partial charge is 0.479 e. The van der Waals surface area contributed by atoms with Gasteiger partial charge < -0.3 is 15.7 Å². The highest BCUT2D eigenvalue weighted by atomic mass is 16.4. The van der Waals surface area contributed by atoms with Crippen LogP contribution in [-0.2, 0) is 9.59 Å². The normalized spacial score (nSPS) is 22.2. The van der Waals surface area contributed by atoms with Gasteiger partial charge in [-0.25, -0.2) is 4.79 Å². The number of hydrogen-bond acceptors (Lipinski definition) is 3. The maximum absolute atomic E-state index is 12.3. The van der Waals surface area contributed by atoms with E-state index < -0.39 is 11.5 Å². The molecule has 1 saturated heterocycles. The van der Waals surface area contributed by atoms with Crippen LogP contribution in [0.1, 0.15) is 64.7 Å². The molecule has 1 amide bonds. The molecule has 0 aliphatic carbocycles. The van der Waals surface area contributed by atoms with E-state index in [1.54, 1.807) is 4.90 Å². The van der Waals surface area contributed by atoms with E-state index in [9.17, 15) is 14.7 Å². The monoisotopic (exact) mass is 284 g/mol. The Morgan fingerprint density at radius 1 is 1.25 bits per heavy atom. The fourth-order valence-electron chi connectivity index (χ4n) is 3.15. The summed E-state index contributed by atoms with van der Waals surface area (Å²) < 4.78 is 0. The van der Waals surface area contributed by atoms with Gasteiger partial charge in [-0.05, 0) is 38.6 Å². The van der Waals surface area contributed by atoms with Gasteiger partial charge in [-0.15, -0.1) is 0 Å². The molecule has 1 fully saturated rings. The first-order valence-electron chi connectivity index (χ1n) is 7.82. The highest BCUT2D eigenvalue weighted by Crippen LogP contribution is 2.34. The molecule has 0 aromatic heterocycles. The molecule has 0 spiro atoms. The molecule has 0 aromatic carbocycles. The van der Waals surface area contributed by atoms with Crippen molar-refractivity contribution in [1.29, 1.82) is 0 Å². The van der Waals surface area contributed by atoms with Gasteiger partial charge in [0.05, 0.1) is 0 Å². The van der Waals surface area contributed by atoms with E-state index in [1.165, 1.54) is 0 Å². The van der Waals surface area contributed by atoms with Crippen molar-refractivity contribution in [3.8, 4) is 0 Å². The van der Waals surface area contributed by atoms with Crippen LogP contribution in [0.25, 0.3) is 0 Å². The molecule has 5 heteroatoms. The number of carboxylic acids is 1. The van der Waals surface area contributed by atoms with Gasteiger partial charge in [0.15, 0.2) is 0 Å². The van der Waals surface area contributed by atoms with Gasteiger partial charge in [0.25, 0.3) is 0 Å². The second kappa shape index (κ2) is 8.25. The molecule has 1 atom stereocenters. The molecule has 1 rings (SSSR count). The zero-order valence-electron chi connectivity index (χ0n) is 12.6. The Labute approximate surface area is 121 Å². The van der Waals surface area contributed by atoms with E-state index in [0.29, 0.717) is 32.4 Å².